The second-order valence-corrected chi connectivity index (χ2v) is 7.16. The van der Waals surface area contributed by atoms with E-state index in [1.807, 2.05) is 12.1 Å². The molecule has 0 aliphatic carbocycles. The van der Waals surface area contributed by atoms with Crippen LogP contribution in [0.15, 0.2) is 51.7 Å². The van der Waals surface area contributed by atoms with Crippen molar-refractivity contribution in [3.05, 3.63) is 57.8 Å². The Morgan fingerprint density at radius 3 is 2.31 bits per heavy atom. The lowest BCUT2D eigenvalue weighted by Gasteiger charge is -2.14. The van der Waals surface area contributed by atoms with Gasteiger partial charge in [0.25, 0.3) is 5.91 Å². The van der Waals surface area contributed by atoms with E-state index in [1.165, 1.54) is 32.7 Å². The van der Waals surface area contributed by atoms with Crippen molar-refractivity contribution < 1.29 is 23.4 Å². The monoisotopic (exact) mass is 411 g/mol. The first kappa shape index (κ1) is 18.8. The van der Waals surface area contributed by atoms with Gasteiger partial charge in [0.15, 0.2) is 11.5 Å². The van der Waals surface area contributed by atoms with Gasteiger partial charge in [-0.15, -0.1) is 11.3 Å². The molecular formula is C21H17NO6S. The van der Waals surface area contributed by atoms with Crippen LogP contribution in [0.2, 0.25) is 0 Å². The van der Waals surface area contributed by atoms with Gasteiger partial charge in [0.1, 0.15) is 5.58 Å². The van der Waals surface area contributed by atoms with Crippen LogP contribution >= 0.6 is 11.3 Å². The molecule has 1 amide bonds. The Morgan fingerprint density at radius 1 is 0.966 bits per heavy atom. The molecule has 0 atom stereocenters. The lowest BCUT2D eigenvalue weighted by molar-refractivity contribution is 0.103. The van der Waals surface area contributed by atoms with Gasteiger partial charge in [0.2, 0.25) is 5.75 Å². The summed E-state index contributed by atoms with van der Waals surface area (Å²) in [7, 11) is 4.50. The predicted octanol–water partition coefficient (Wildman–Crippen LogP) is 4.29. The van der Waals surface area contributed by atoms with Crippen molar-refractivity contribution in [2.45, 2.75) is 0 Å². The average Bonchev–Trinajstić information content (AvgIpc) is 3.19. The first-order valence-corrected chi connectivity index (χ1v) is 9.44. The Morgan fingerprint density at radius 2 is 1.66 bits per heavy atom. The molecule has 0 radical (unpaired) electrons. The molecule has 7 nitrogen and oxygen atoms in total. The van der Waals surface area contributed by atoms with Crippen molar-refractivity contribution in [2.75, 3.05) is 26.6 Å². The number of fused-ring (bicyclic) bond motifs is 3. The van der Waals surface area contributed by atoms with E-state index in [4.69, 9.17) is 18.6 Å². The van der Waals surface area contributed by atoms with E-state index in [1.54, 1.807) is 30.3 Å². The second-order valence-electron chi connectivity index (χ2n) is 6.11. The van der Waals surface area contributed by atoms with Crippen LogP contribution in [0.5, 0.6) is 17.2 Å². The molecule has 4 rings (SSSR count). The van der Waals surface area contributed by atoms with Crippen LogP contribution in [0.1, 0.15) is 9.67 Å². The highest BCUT2D eigenvalue weighted by Gasteiger charge is 2.18. The average molecular weight is 411 g/mol. The van der Waals surface area contributed by atoms with E-state index in [0.717, 1.165) is 5.39 Å². The molecule has 4 aromatic rings. The molecule has 0 spiro atoms. The van der Waals surface area contributed by atoms with E-state index in [9.17, 15) is 9.59 Å². The summed E-state index contributed by atoms with van der Waals surface area (Å²) in [6.07, 6.45) is 0. The molecule has 8 heteroatoms. The van der Waals surface area contributed by atoms with Gasteiger partial charge < -0.3 is 23.9 Å². The van der Waals surface area contributed by atoms with Gasteiger partial charge in [-0.05, 0) is 18.2 Å². The number of carbonyl (C=O) groups excluding carboxylic acids is 1. The Balaban J connectivity index is 1.74. The quantitative estimate of drug-likeness (QED) is 0.493. The van der Waals surface area contributed by atoms with E-state index in [0.29, 0.717) is 43.5 Å². The Bertz CT molecular complexity index is 1260. The first-order chi connectivity index (χ1) is 14.0. The molecule has 1 N–H and O–H groups in total. The minimum atomic E-state index is -0.471. The van der Waals surface area contributed by atoms with E-state index in [-0.39, 0.29) is 5.91 Å². The summed E-state index contributed by atoms with van der Waals surface area (Å²) < 4.78 is 22.0. The van der Waals surface area contributed by atoms with Crippen LogP contribution < -0.4 is 25.2 Å². The number of benzene rings is 2. The standard InChI is InChI=1S/C21H17NO6S/c1-25-15-8-11(9-16(26-2)18(15)27-3)22-20(23)17-10-13-19(29-17)12-6-4-5-7-14(12)28-21(13)24/h4-10H,1-3H3,(H,22,23). The van der Waals surface area contributed by atoms with Crippen LogP contribution in [-0.2, 0) is 0 Å². The highest BCUT2D eigenvalue weighted by molar-refractivity contribution is 7.21. The number of hydrogen-bond acceptors (Lipinski definition) is 7. The van der Waals surface area contributed by atoms with Crippen LogP contribution in [0.3, 0.4) is 0 Å². The molecule has 0 unspecified atom stereocenters. The van der Waals surface area contributed by atoms with Crippen LogP contribution in [-0.4, -0.2) is 27.2 Å². The van der Waals surface area contributed by atoms with Gasteiger partial charge >= 0.3 is 5.63 Å². The number of ether oxygens (including phenoxy) is 3. The number of methoxy groups -OCH3 is 3. The number of nitrogens with one attached hydrogen (secondary N) is 1. The van der Waals surface area contributed by atoms with Gasteiger partial charge in [-0.3, -0.25) is 4.79 Å². The second kappa shape index (κ2) is 7.48. The van der Waals surface area contributed by atoms with E-state index in [2.05, 4.69) is 5.32 Å². The molecule has 0 aliphatic rings. The predicted molar refractivity (Wildman–Crippen MR) is 112 cm³/mol. The Hall–Kier alpha value is -3.52. The van der Waals surface area contributed by atoms with Gasteiger partial charge in [-0.1, -0.05) is 12.1 Å². The number of thiophene rings is 1. The lowest BCUT2D eigenvalue weighted by Crippen LogP contribution is -2.10. The third-order valence-electron chi connectivity index (χ3n) is 4.43. The fourth-order valence-corrected chi connectivity index (χ4v) is 4.17. The first-order valence-electron chi connectivity index (χ1n) is 8.62. The van der Waals surface area contributed by atoms with E-state index >= 15 is 0 Å². The molecule has 29 heavy (non-hydrogen) atoms. The third kappa shape index (κ3) is 3.27. The minimum Gasteiger partial charge on any atom is -0.493 e. The summed E-state index contributed by atoms with van der Waals surface area (Å²) in [6, 6.07) is 12.1. The summed E-state index contributed by atoms with van der Waals surface area (Å²) >= 11 is 1.24. The van der Waals surface area contributed by atoms with Crippen LogP contribution in [0.4, 0.5) is 5.69 Å². The SMILES string of the molecule is COc1cc(NC(=O)c2cc3c(=O)oc4ccccc4c3s2)cc(OC)c1OC. The zero-order chi connectivity index (χ0) is 20.5. The number of para-hydroxylation sites is 1. The summed E-state index contributed by atoms with van der Waals surface area (Å²) in [5.74, 6) is 0.915. The number of hydrogen-bond donors (Lipinski definition) is 1. The van der Waals surface area contributed by atoms with Gasteiger partial charge in [-0.25, -0.2) is 4.79 Å². The molecule has 0 fully saturated rings. The summed E-state index contributed by atoms with van der Waals surface area (Å²) in [4.78, 5) is 25.5. The lowest BCUT2D eigenvalue weighted by atomic mass is 10.2. The number of anilines is 1. The van der Waals surface area contributed by atoms with Crippen molar-refractivity contribution >= 4 is 44.0 Å². The van der Waals surface area contributed by atoms with Crippen molar-refractivity contribution in [3.8, 4) is 17.2 Å². The molecule has 0 saturated heterocycles. The minimum absolute atomic E-state index is 0.357. The molecular weight excluding hydrogens is 394 g/mol. The number of amides is 1. The maximum atomic E-state index is 12.8. The molecule has 2 heterocycles. The van der Waals surface area contributed by atoms with E-state index < -0.39 is 5.63 Å². The topological polar surface area (TPSA) is 87.0 Å². The van der Waals surface area contributed by atoms with Crippen molar-refractivity contribution in [1.29, 1.82) is 0 Å². The zero-order valence-corrected chi connectivity index (χ0v) is 16.7. The molecule has 2 aromatic heterocycles. The molecule has 148 valence electrons. The van der Waals surface area contributed by atoms with Gasteiger partial charge in [0.05, 0.1) is 36.3 Å². The highest BCUT2D eigenvalue weighted by atomic mass is 32.1. The van der Waals surface area contributed by atoms with Gasteiger partial charge in [-0.2, -0.15) is 0 Å². The van der Waals surface area contributed by atoms with Crippen molar-refractivity contribution in [2.24, 2.45) is 0 Å². The summed E-state index contributed by atoms with van der Waals surface area (Å²) in [5, 5.41) is 3.98. The fourth-order valence-electron chi connectivity index (χ4n) is 3.10. The largest absolute Gasteiger partial charge is 0.493 e. The Kier molecular flexibility index (Phi) is 4.85. The molecule has 0 saturated carbocycles. The third-order valence-corrected chi connectivity index (χ3v) is 5.60. The maximum Gasteiger partial charge on any atom is 0.345 e. The van der Waals surface area contributed by atoms with Gasteiger partial charge in [0, 0.05) is 23.2 Å². The normalized spacial score (nSPS) is 10.9. The molecule has 0 bridgehead atoms. The Labute approximate surface area is 169 Å². The number of rotatable bonds is 5. The summed E-state index contributed by atoms with van der Waals surface area (Å²) in [6.45, 7) is 0. The van der Waals surface area contributed by atoms with Crippen LogP contribution in [0.25, 0.3) is 21.1 Å². The molecule has 0 aliphatic heterocycles. The zero-order valence-electron chi connectivity index (χ0n) is 15.9. The highest BCUT2D eigenvalue weighted by Crippen LogP contribution is 2.40. The van der Waals surface area contributed by atoms with Crippen LogP contribution in [0, 0.1) is 0 Å². The molecule has 2 aromatic carbocycles. The fraction of sp³-hybridized carbons (Fsp3) is 0.143. The van der Waals surface area contributed by atoms with Crippen molar-refractivity contribution in [3.63, 3.8) is 0 Å². The van der Waals surface area contributed by atoms with Crippen molar-refractivity contribution in [1.82, 2.24) is 0 Å². The number of carbonyl (C=O) groups is 1. The smallest absolute Gasteiger partial charge is 0.345 e. The maximum absolute atomic E-state index is 12.8. The summed E-state index contributed by atoms with van der Waals surface area (Å²) in [5.41, 5.74) is 0.490.